The molecular weight excluding hydrogens is 302 g/mol. The molecule has 0 aromatic carbocycles. The fourth-order valence-corrected chi connectivity index (χ4v) is 2.66. The first-order chi connectivity index (χ1) is 10.3. The van der Waals surface area contributed by atoms with E-state index >= 15 is 0 Å². The Kier molecular flexibility index (Phi) is 5.91. The largest absolute Gasteiger partial charge is 0.333 e. The van der Waals surface area contributed by atoms with Crippen molar-refractivity contribution in [1.82, 2.24) is 25.4 Å². The third-order valence-electron chi connectivity index (χ3n) is 3.76. The molecule has 1 fully saturated rings. The zero-order valence-corrected chi connectivity index (χ0v) is 13.1. The normalized spacial score (nSPS) is 17.0. The maximum Gasteiger partial charge on any atom is 0.272 e. The quantitative estimate of drug-likeness (QED) is 0.875. The fourth-order valence-electron chi connectivity index (χ4n) is 2.66. The average Bonchev–Trinajstić information content (AvgIpc) is 3.20. The molecule has 2 N–H and O–H groups in total. The molecule has 2 aromatic heterocycles. The van der Waals surface area contributed by atoms with Crippen molar-refractivity contribution in [3.05, 3.63) is 48.0 Å². The van der Waals surface area contributed by atoms with Crippen molar-refractivity contribution in [3.63, 3.8) is 0 Å². The lowest BCUT2D eigenvalue weighted by atomic mass is 10.1. The molecule has 1 atom stereocenters. The van der Waals surface area contributed by atoms with E-state index in [1.807, 2.05) is 17.0 Å². The number of carbonyl (C=O) groups is 1. The van der Waals surface area contributed by atoms with Gasteiger partial charge in [-0.05, 0) is 43.1 Å². The Morgan fingerprint density at radius 3 is 2.91 bits per heavy atom. The van der Waals surface area contributed by atoms with Crippen LogP contribution in [-0.4, -0.2) is 45.6 Å². The summed E-state index contributed by atoms with van der Waals surface area (Å²) in [4.78, 5) is 18.6. The van der Waals surface area contributed by atoms with Crippen LogP contribution in [0.25, 0.3) is 0 Å². The Balaban J connectivity index is 0.00000176. The van der Waals surface area contributed by atoms with Gasteiger partial charge < -0.3 is 10.2 Å². The van der Waals surface area contributed by atoms with Gasteiger partial charge in [-0.3, -0.25) is 14.9 Å². The predicted octanol–water partition coefficient (Wildman–Crippen LogP) is 1.48. The van der Waals surface area contributed by atoms with Gasteiger partial charge in [0.2, 0.25) is 0 Å². The molecule has 1 saturated heterocycles. The van der Waals surface area contributed by atoms with E-state index < -0.39 is 0 Å². The number of rotatable bonds is 5. The van der Waals surface area contributed by atoms with E-state index in [0.717, 1.165) is 31.6 Å². The van der Waals surface area contributed by atoms with Crippen LogP contribution in [0.4, 0.5) is 0 Å². The van der Waals surface area contributed by atoms with Crippen molar-refractivity contribution >= 4 is 18.3 Å². The molecule has 6 nitrogen and oxygen atoms in total. The molecule has 3 heterocycles. The molecule has 1 unspecified atom stereocenters. The fraction of sp³-hybridized carbons (Fsp3) is 0.400. The minimum atomic E-state index is -0.0109. The van der Waals surface area contributed by atoms with Crippen LogP contribution in [0, 0.1) is 5.92 Å². The second kappa shape index (κ2) is 7.91. The Morgan fingerprint density at radius 1 is 1.36 bits per heavy atom. The van der Waals surface area contributed by atoms with Crippen LogP contribution in [0.2, 0.25) is 0 Å². The van der Waals surface area contributed by atoms with Gasteiger partial charge in [0.1, 0.15) is 5.69 Å². The standard InChI is InChI=1S/C15H19N5O.ClH/c21-15(14-4-7-18-19-14)20(11-13-3-6-17-9-13)10-12-2-1-5-16-8-12;/h1-2,4-5,7-8,13,17H,3,6,9-11H2,(H,18,19);1H. The van der Waals surface area contributed by atoms with Gasteiger partial charge >= 0.3 is 0 Å². The Bertz CT molecular complexity index is 569. The highest BCUT2D eigenvalue weighted by molar-refractivity contribution is 5.92. The van der Waals surface area contributed by atoms with Crippen molar-refractivity contribution in [2.45, 2.75) is 13.0 Å². The summed E-state index contributed by atoms with van der Waals surface area (Å²) in [7, 11) is 0. The van der Waals surface area contributed by atoms with E-state index in [1.54, 1.807) is 24.7 Å². The lowest BCUT2D eigenvalue weighted by molar-refractivity contribution is 0.0712. The molecule has 22 heavy (non-hydrogen) atoms. The first-order valence-electron chi connectivity index (χ1n) is 7.21. The maximum atomic E-state index is 12.6. The topological polar surface area (TPSA) is 73.9 Å². The maximum absolute atomic E-state index is 12.6. The summed E-state index contributed by atoms with van der Waals surface area (Å²) in [5, 5.41) is 9.97. The summed E-state index contributed by atoms with van der Waals surface area (Å²) in [6.45, 7) is 3.32. The summed E-state index contributed by atoms with van der Waals surface area (Å²) in [5.74, 6) is 0.497. The number of carbonyl (C=O) groups excluding carboxylic acids is 1. The first kappa shape index (κ1) is 16.5. The van der Waals surface area contributed by atoms with Crippen molar-refractivity contribution in [2.75, 3.05) is 19.6 Å². The molecule has 0 radical (unpaired) electrons. The van der Waals surface area contributed by atoms with Gasteiger partial charge in [-0.1, -0.05) is 6.07 Å². The highest BCUT2D eigenvalue weighted by Crippen LogP contribution is 2.14. The lowest BCUT2D eigenvalue weighted by Crippen LogP contribution is -2.36. The number of H-pyrrole nitrogens is 1. The van der Waals surface area contributed by atoms with Gasteiger partial charge in [-0.2, -0.15) is 5.10 Å². The van der Waals surface area contributed by atoms with E-state index in [1.165, 1.54) is 0 Å². The zero-order chi connectivity index (χ0) is 14.5. The van der Waals surface area contributed by atoms with Crippen LogP contribution in [-0.2, 0) is 6.54 Å². The van der Waals surface area contributed by atoms with Gasteiger partial charge in [0.05, 0.1) is 0 Å². The predicted molar refractivity (Wildman–Crippen MR) is 85.8 cm³/mol. The summed E-state index contributed by atoms with van der Waals surface area (Å²) in [6.07, 6.45) is 6.26. The number of hydrogen-bond donors (Lipinski definition) is 2. The number of aromatic nitrogens is 3. The van der Waals surface area contributed by atoms with Crippen LogP contribution in [0.3, 0.4) is 0 Å². The third kappa shape index (κ3) is 4.05. The minimum absolute atomic E-state index is 0. The van der Waals surface area contributed by atoms with Gasteiger partial charge in [-0.15, -0.1) is 12.4 Å². The van der Waals surface area contributed by atoms with Gasteiger partial charge in [0.15, 0.2) is 0 Å². The molecule has 1 aliphatic rings. The number of amides is 1. The molecule has 2 aromatic rings. The highest BCUT2D eigenvalue weighted by Gasteiger charge is 2.23. The molecule has 1 amide bonds. The molecule has 0 aliphatic carbocycles. The van der Waals surface area contributed by atoms with E-state index in [2.05, 4.69) is 20.5 Å². The van der Waals surface area contributed by atoms with E-state index in [-0.39, 0.29) is 18.3 Å². The number of nitrogens with zero attached hydrogens (tertiary/aromatic N) is 3. The number of aromatic amines is 1. The smallest absolute Gasteiger partial charge is 0.272 e. The van der Waals surface area contributed by atoms with Crippen molar-refractivity contribution in [1.29, 1.82) is 0 Å². The molecule has 7 heteroatoms. The van der Waals surface area contributed by atoms with Gasteiger partial charge in [-0.25, -0.2) is 0 Å². The van der Waals surface area contributed by atoms with E-state index in [4.69, 9.17) is 0 Å². The summed E-state index contributed by atoms with van der Waals surface area (Å²) < 4.78 is 0. The average molecular weight is 322 g/mol. The number of nitrogens with one attached hydrogen (secondary N) is 2. The second-order valence-corrected chi connectivity index (χ2v) is 5.38. The molecule has 1 aliphatic heterocycles. The van der Waals surface area contributed by atoms with Gasteiger partial charge in [0.25, 0.3) is 5.91 Å². The van der Waals surface area contributed by atoms with Crippen LogP contribution in [0.1, 0.15) is 22.5 Å². The lowest BCUT2D eigenvalue weighted by Gasteiger charge is -2.25. The van der Waals surface area contributed by atoms with Crippen LogP contribution < -0.4 is 5.32 Å². The summed E-state index contributed by atoms with van der Waals surface area (Å²) >= 11 is 0. The molecule has 3 rings (SSSR count). The molecule has 0 saturated carbocycles. The first-order valence-corrected chi connectivity index (χ1v) is 7.21. The zero-order valence-electron chi connectivity index (χ0n) is 12.2. The van der Waals surface area contributed by atoms with Gasteiger partial charge in [0, 0.05) is 31.7 Å². The monoisotopic (exact) mass is 321 g/mol. The highest BCUT2D eigenvalue weighted by atomic mass is 35.5. The van der Waals surface area contributed by atoms with E-state index in [0.29, 0.717) is 18.2 Å². The third-order valence-corrected chi connectivity index (χ3v) is 3.76. The van der Waals surface area contributed by atoms with Crippen LogP contribution in [0.15, 0.2) is 36.8 Å². The molecule has 0 bridgehead atoms. The molecule has 118 valence electrons. The second-order valence-electron chi connectivity index (χ2n) is 5.38. The molecule has 0 spiro atoms. The van der Waals surface area contributed by atoms with Crippen LogP contribution in [0.5, 0.6) is 0 Å². The number of halogens is 1. The van der Waals surface area contributed by atoms with Crippen LogP contribution >= 0.6 is 12.4 Å². The summed E-state index contributed by atoms with van der Waals surface area (Å²) in [6, 6.07) is 5.60. The van der Waals surface area contributed by atoms with E-state index in [9.17, 15) is 4.79 Å². The van der Waals surface area contributed by atoms with Crippen molar-refractivity contribution in [3.8, 4) is 0 Å². The SMILES string of the molecule is Cl.O=C(c1ccn[nH]1)N(Cc1cccnc1)CC1CCNC1. The van der Waals surface area contributed by atoms with Crippen molar-refractivity contribution in [2.24, 2.45) is 5.92 Å². The number of hydrogen-bond acceptors (Lipinski definition) is 4. The molecular formula is C15H20ClN5O. The Labute approximate surface area is 135 Å². The van der Waals surface area contributed by atoms with Crippen molar-refractivity contribution < 1.29 is 4.79 Å². The minimum Gasteiger partial charge on any atom is -0.333 e. The number of pyridine rings is 1. The summed E-state index contributed by atoms with van der Waals surface area (Å²) in [5.41, 5.74) is 1.57. The Morgan fingerprint density at radius 2 is 2.27 bits per heavy atom. The Hall–Kier alpha value is -1.92.